The second-order valence-corrected chi connectivity index (χ2v) is 4.32. The Kier molecular flexibility index (Phi) is 3.49. The Morgan fingerprint density at radius 2 is 2.06 bits per heavy atom. The third-order valence-corrected chi connectivity index (χ3v) is 2.76. The molecule has 0 radical (unpaired) electrons. The van der Waals surface area contributed by atoms with Gasteiger partial charge in [-0.1, -0.05) is 11.6 Å². The molecule has 17 heavy (non-hydrogen) atoms. The van der Waals surface area contributed by atoms with Gasteiger partial charge >= 0.3 is 8.25 Å². The third kappa shape index (κ3) is 2.68. The molecule has 1 unspecified atom stereocenters. The van der Waals surface area contributed by atoms with E-state index in [4.69, 9.17) is 16.5 Å². The summed E-state index contributed by atoms with van der Waals surface area (Å²) in [5.74, 6) is -0.228. The molecule has 6 nitrogen and oxygen atoms in total. The van der Waals surface area contributed by atoms with Crippen molar-refractivity contribution in [1.29, 1.82) is 0 Å². The number of nitrogens with one attached hydrogen (secondary N) is 1. The first-order valence-electron chi connectivity index (χ1n) is 4.63. The minimum atomic E-state index is -2.79. The van der Waals surface area contributed by atoms with Crippen molar-refractivity contribution in [2.24, 2.45) is 0 Å². The van der Waals surface area contributed by atoms with Crippen molar-refractivity contribution in [1.82, 2.24) is 5.43 Å². The Balaban J connectivity index is 2.21. The molecule has 8 heteroatoms. The predicted octanol–water partition coefficient (Wildman–Crippen LogP) is 2.06. The van der Waals surface area contributed by atoms with E-state index in [0.29, 0.717) is 10.7 Å². The average molecular weight is 276 g/mol. The van der Waals surface area contributed by atoms with Gasteiger partial charge in [0.05, 0.1) is 12.2 Å². The van der Waals surface area contributed by atoms with Crippen LogP contribution in [0.2, 0.25) is 5.02 Å². The molecular formula is C9H9ClN2O4P+. The van der Waals surface area contributed by atoms with Gasteiger partial charge in [-0.05, 0) is 24.3 Å². The van der Waals surface area contributed by atoms with Gasteiger partial charge in [0.2, 0.25) is 5.76 Å². The molecule has 0 bridgehead atoms. The second-order valence-electron chi connectivity index (χ2n) is 3.22. The monoisotopic (exact) mass is 275 g/mol. The summed E-state index contributed by atoms with van der Waals surface area (Å²) in [5, 5.41) is 11.7. The lowest BCUT2D eigenvalue weighted by molar-refractivity contribution is 0.316. The van der Waals surface area contributed by atoms with Crippen LogP contribution >= 0.6 is 19.9 Å². The van der Waals surface area contributed by atoms with Gasteiger partial charge < -0.3 is 5.11 Å². The van der Waals surface area contributed by atoms with Crippen LogP contribution in [-0.2, 0) is 9.09 Å². The van der Waals surface area contributed by atoms with Gasteiger partial charge in [0.1, 0.15) is 0 Å². The number of benzene rings is 1. The topological polar surface area (TPSA) is 82.0 Å². The number of hydrogen-bond acceptors (Lipinski definition) is 5. The fraction of sp³-hybridized carbons (Fsp3) is 0.111. The number of aliphatic hydroxyl groups excluding tert-OH is 1. The van der Waals surface area contributed by atoms with E-state index < -0.39 is 8.25 Å². The molecule has 1 aromatic carbocycles. The van der Waals surface area contributed by atoms with Crippen LogP contribution in [-0.4, -0.2) is 16.5 Å². The zero-order chi connectivity index (χ0) is 12.4. The van der Waals surface area contributed by atoms with Crippen LogP contribution in [0.4, 0.5) is 5.69 Å². The van der Waals surface area contributed by atoms with Crippen molar-refractivity contribution in [3.05, 3.63) is 40.9 Å². The molecule has 1 aliphatic heterocycles. The number of rotatable bonds is 3. The van der Waals surface area contributed by atoms with E-state index in [1.807, 2.05) is 0 Å². The summed E-state index contributed by atoms with van der Waals surface area (Å²) in [5.41, 5.74) is 3.44. The highest BCUT2D eigenvalue weighted by atomic mass is 35.5. The van der Waals surface area contributed by atoms with Crippen molar-refractivity contribution < 1.29 is 19.1 Å². The minimum Gasteiger partial charge on any atom is -0.491 e. The van der Waals surface area contributed by atoms with E-state index >= 15 is 0 Å². The van der Waals surface area contributed by atoms with Crippen LogP contribution in [0.5, 0.6) is 0 Å². The highest BCUT2D eigenvalue weighted by Crippen LogP contribution is 2.28. The van der Waals surface area contributed by atoms with E-state index in [9.17, 15) is 9.67 Å². The molecule has 0 spiro atoms. The van der Waals surface area contributed by atoms with E-state index in [1.165, 1.54) is 5.01 Å². The van der Waals surface area contributed by atoms with Crippen LogP contribution in [0.25, 0.3) is 0 Å². The van der Waals surface area contributed by atoms with Gasteiger partial charge in [-0.15, -0.1) is 4.89 Å². The van der Waals surface area contributed by atoms with Crippen molar-refractivity contribution >= 4 is 25.5 Å². The summed E-state index contributed by atoms with van der Waals surface area (Å²) in [7, 11) is -2.79. The van der Waals surface area contributed by atoms with Crippen LogP contribution in [0.1, 0.15) is 0 Å². The molecular weight excluding hydrogens is 267 g/mol. The molecule has 0 fully saturated rings. The van der Waals surface area contributed by atoms with E-state index in [1.54, 1.807) is 24.3 Å². The van der Waals surface area contributed by atoms with E-state index in [-0.39, 0.29) is 18.2 Å². The molecule has 1 atom stereocenters. The van der Waals surface area contributed by atoms with E-state index in [0.717, 1.165) is 0 Å². The number of nitrogens with zero attached hydrogens (tertiary/aromatic N) is 1. The summed E-state index contributed by atoms with van der Waals surface area (Å²) in [6.07, 6.45) is 0. The molecule has 1 aromatic rings. The highest BCUT2D eigenvalue weighted by Gasteiger charge is 2.30. The first-order valence-corrected chi connectivity index (χ1v) is 6.14. The fourth-order valence-electron chi connectivity index (χ4n) is 1.40. The summed E-state index contributed by atoms with van der Waals surface area (Å²) >= 11 is 5.74. The van der Waals surface area contributed by atoms with Crippen LogP contribution in [0.3, 0.4) is 0 Å². The van der Waals surface area contributed by atoms with Crippen molar-refractivity contribution in [3.8, 4) is 0 Å². The number of hydrazine groups is 1. The molecule has 0 saturated carbocycles. The smallest absolute Gasteiger partial charge is 0.491 e. The molecule has 0 saturated heterocycles. The Morgan fingerprint density at radius 3 is 2.65 bits per heavy atom. The van der Waals surface area contributed by atoms with Gasteiger partial charge in [-0.25, -0.2) is 15.0 Å². The Hall–Kier alpha value is -1.33. The lowest BCUT2D eigenvalue weighted by Crippen LogP contribution is -2.31. The third-order valence-electron chi connectivity index (χ3n) is 2.13. The number of aliphatic hydroxyl groups is 1. The zero-order valence-corrected chi connectivity index (χ0v) is 10.2. The largest absolute Gasteiger partial charge is 0.747 e. The molecule has 2 rings (SSSR count). The molecule has 0 aromatic heterocycles. The fourth-order valence-corrected chi connectivity index (χ4v) is 1.86. The number of anilines is 1. The maximum atomic E-state index is 10.5. The number of hydrogen-bond donors (Lipinski definition) is 3. The first kappa shape index (κ1) is 12.1. The zero-order valence-electron chi connectivity index (χ0n) is 8.50. The SMILES string of the molecule is O=[P+](O)OC1=C(O)N(c2ccc(Cl)cc2)NC1. The standard InChI is InChI=1S/C9H8ClN2O4P/c10-6-1-3-7(4-2-6)12-9(13)8(5-11-12)16-17(14)15/h1-4,11H,5H2,(H-,13,14,15)/p+1. The summed E-state index contributed by atoms with van der Waals surface area (Å²) < 4.78 is 15.1. The van der Waals surface area contributed by atoms with Crippen LogP contribution in [0.15, 0.2) is 35.9 Å². The van der Waals surface area contributed by atoms with Gasteiger partial charge in [-0.3, -0.25) is 0 Å². The maximum absolute atomic E-state index is 10.5. The molecule has 0 aliphatic carbocycles. The van der Waals surface area contributed by atoms with Gasteiger partial charge in [0, 0.05) is 9.59 Å². The second kappa shape index (κ2) is 4.89. The molecule has 3 N–H and O–H groups in total. The maximum Gasteiger partial charge on any atom is 0.747 e. The first-order chi connectivity index (χ1) is 8.08. The van der Waals surface area contributed by atoms with Crippen molar-refractivity contribution in [3.63, 3.8) is 0 Å². The average Bonchev–Trinajstić information content (AvgIpc) is 2.61. The Bertz CT molecular complexity index is 476. The lowest BCUT2D eigenvalue weighted by atomic mass is 10.3. The van der Waals surface area contributed by atoms with Gasteiger partial charge in [-0.2, -0.15) is 0 Å². The summed E-state index contributed by atoms with van der Waals surface area (Å²) in [6, 6.07) is 6.70. The molecule has 0 amide bonds. The van der Waals surface area contributed by atoms with E-state index in [2.05, 4.69) is 9.95 Å². The van der Waals surface area contributed by atoms with Gasteiger partial charge in [0.15, 0.2) is 0 Å². The summed E-state index contributed by atoms with van der Waals surface area (Å²) in [4.78, 5) is 8.60. The predicted molar refractivity (Wildman–Crippen MR) is 62.5 cm³/mol. The number of halogens is 1. The van der Waals surface area contributed by atoms with Crippen molar-refractivity contribution in [2.45, 2.75) is 0 Å². The summed E-state index contributed by atoms with van der Waals surface area (Å²) in [6.45, 7) is 0.135. The molecule has 1 aliphatic rings. The normalized spacial score (nSPS) is 16.4. The Morgan fingerprint density at radius 1 is 1.41 bits per heavy atom. The Labute approximate surface area is 103 Å². The minimum absolute atomic E-state index is 0.0172. The van der Waals surface area contributed by atoms with Crippen LogP contribution in [0, 0.1) is 0 Å². The van der Waals surface area contributed by atoms with Gasteiger partial charge in [0.25, 0.3) is 5.88 Å². The lowest BCUT2D eigenvalue weighted by Gasteiger charge is -2.17. The molecule has 90 valence electrons. The molecule has 1 heterocycles. The quantitative estimate of drug-likeness (QED) is 0.733. The van der Waals surface area contributed by atoms with Crippen LogP contribution < -0.4 is 10.4 Å². The highest BCUT2D eigenvalue weighted by molar-refractivity contribution is 7.32. The van der Waals surface area contributed by atoms with Crippen molar-refractivity contribution in [2.75, 3.05) is 11.6 Å².